The maximum atomic E-state index is 12.7. The zero-order valence-corrected chi connectivity index (χ0v) is 15.9. The Morgan fingerprint density at radius 1 is 1.15 bits per heavy atom. The average molecular weight is 403 g/mol. The largest absolute Gasteiger partial charge is 0.361 e. The lowest BCUT2D eigenvalue weighted by molar-refractivity contribution is -0.674. The molecule has 27 heavy (non-hydrogen) atoms. The second kappa shape index (κ2) is 7.35. The number of rotatable bonds is 5. The quantitative estimate of drug-likeness (QED) is 0.644. The van der Waals surface area contributed by atoms with Gasteiger partial charge < -0.3 is 10.3 Å². The van der Waals surface area contributed by atoms with Gasteiger partial charge in [0.05, 0.1) is 23.7 Å². The molecule has 1 saturated heterocycles. The third kappa shape index (κ3) is 3.46. The molecule has 0 bridgehead atoms. The van der Waals surface area contributed by atoms with Crippen molar-refractivity contribution in [2.24, 2.45) is 0 Å². The minimum absolute atomic E-state index is 0.172. The van der Waals surface area contributed by atoms with E-state index in [0.29, 0.717) is 22.3 Å². The maximum absolute atomic E-state index is 12.7. The molecule has 0 radical (unpaired) electrons. The van der Waals surface area contributed by atoms with Gasteiger partial charge in [-0.15, -0.1) is 0 Å². The molecular formula is C20H18Cl2N3O2+. The van der Waals surface area contributed by atoms with E-state index in [-0.39, 0.29) is 18.2 Å². The molecule has 1 aliphatic rings. The summed E-state index contributed by atoms with van der Waals surface area (Å²) in [6.45, 7) is 0.716. The number of quaternary nitrogens is 1. The number of aromatic amines is 1. The van der Waals surface area contributed by atoms with Crippen LogP contribution >= 0.6 is 23.2 Å². The molecule has 3 N–H and O–H groups in total. The Labute approximate surface area is 166 Å². The van der Waals surface area contributed by atoms with E-state index < -0.39 is 6.04 Å². The van der Waals surface area contributed by atoms with Crippen LogP contribution in [0.15, 0.2) is 48.7 Å². The van der Waals surface area contributed by atoms with Crippen LogP contribution in [0.25, 0.3) is 10.9 Å². The molecule has 2 aromatic carbocycles. The Bertz CT molecular complexity index is 1030. The summed E-state index contributed by atoms with van der Waals surface area (Å²) in [6, 6.07) is 12.5. The van der Waals surface area contributed by atoms with Gasteiger partial charge >= 0.3 is 0 Å². The van der Waals surface area contributed by atoms with Gasteiger partial charge in [0, 0.05) is 28.5 Å². The molecule has 0 spiro atoms. The van der Waals surface area contributed by atoms with E-state index >= 15 is 0 Å². The number of carbonyl (C=O) groups is 2. The van der Waals surface area contributed by atoms with Crippen LogP contribution in [0.4, 0.5) is 5.69 Å². The summed E-state index contributed by atoms with van der Waals surface area (Å²) in [7, 11) is 0. The first-order chi connectivity index (χ1) is 13.0. The van der Waals surface area contributed by atoms with Gasteiger partial charge in [-0.3, -0.25) is 9.59 Å². The van der Waals surface area contributed by atoms with Crippen LogP contribution in [0.2, 0.25) is 10.0 Å². The highest BCUT2D eigenvalue weighted by atomic mass is 35.5. The van der Waals surface area contributed by atoms with Crippen molar-refractivity contribution < 1.29 is 14.9 Å². The first-order valence-corrected chi connectivity index (χ1v) is 9.50. The van der Waals surface area contributed by atoms with Crippen LogP contribution in [0.5, 0.6) is 0 Å². The van der Waals surface area contributed by atoms with E-state index in [0.717, 1.165) is 11.9 Å². The lowest BCUT2D eigenvalue weighted by Crippen LogP contribution is -2.92. The van der Waals surface area contributed by atoms with Gasteiger partial charge in [0.25, 0.3) is 5.91 Å². The molecule has 4 rings (SSSR count). The van der Waals surface area contributed by atoms with Gasteiger partial charge in [-0.1, -0.05) is 41.4 Å². The molecule has 2 amide bonds. The number of para-hydroxylation sites is 1. The van der Waals surface area contributed by atoms with Gasteiger partial charge in [0.2, 0.25) is 5.91 Å². The SMILES string of the molecule is O=C1C[C@H]([NH2+]CCc2c[nH]c3ccccc23)C(=O)N1c1ccc(Cl)cc1Cl. The molecule has 2 heterocycles. The third-order valence-electron chi connectivity index (χ3n) is 4.87. The van der Waals surface area contributed by atoms with Crippen molar-refractivity contribution in [3.8, 4) is 0 Å². The first-order valence-electron chi connectivity index (χ1n) is 8.75. The van der Waals surface area contributed by atoms with E-state index in [1.807, 2.05) is 29.7 Å². The highest BCUT2D eigenvalue weighted by Crippen LogP contribution is 2.31. The number of hydrogen-bond donors (Lipinski definition) is 2. The van der Waals surface area contributed by atoms with Crippen molar-refractivity contribution >= 4 is 51.6 Å². The molecule has 5 nitrogen and oxygen atoms in total. The molecule has 0 aliphatic carbocycles. The Kier molecular flexibility index (Phi) is 4.91. The smallest absolute Gasteiger partial charge is 0.292 e. The van der Waals surface area contributed by atoms with Gasteiger partial charge in [-0.25, -0.2) is 4.90 Å². The molecule has 7 heteroatoms. The number of H-pyrrole nitrogens is 1. The van der Waals surface area contributed by atoms with Crippen molar-refractivity contribution in [1.29, 1.82) is 0 Å². The number of fused-ring (bicyclic) bond motifs is 1. The number of imide groups is 1. The van der Waals surface area contributed by atoms with Crippen molar-refractivity contribution in [2.75, 3.05) is 11.4 Å². The Hall–Kier alpha value is -2.34. The number of aromatic nitrogens is 1. The van der Waals surface area contributed by atoms with Crippen LogP contribution in [0, 0.1) is 0 Å². The summed E-state index contributed by atoms with van der Waals surface area (Å²) in [5.74, 6) is -0.472. The van der Waals surface area contributed by atoms with E-state index in [9.17, 15) is 9.59 Å². The van der Waals surface area contributed by atoms with Gasteiger partial charge in [0.15, 0.2) is 6.04 Å². The number of nitrogens with one attached hydrogen (secondary N) is 1. The van der Waals surface area contributed by atoms with Crippen LogP contribution in [0.1, 0.15) is 12.0 Å². The predicted molar refractivity (Wildman–Crippen MR) is 106 cm³/mol. The van der Waals surface area contributed by atoms with E-state index in [1.165, 1.54) is 21.9 Å². The maximum Gasteiger partial charge on any atom is 0.292 e. The fraction of sp³-hybridized carbons (Fsp3) is 0.200. The minimum Gasteiger partial charge on any atom is -0.361 e. The molecule has 1 atom stereocenters. The van der Waals surface area contributed by atoms with Crippen molar-refractivity contribution in [1.82, 2.24) is 4.98 Å². The van der Waals surface area contributed by atoms with Crippen molar-refractivity contribution in [3.63, 3.8) is 0 Å². The monoisotopic (exact) mass is 402 g/mol. The van der Waals surface area contributed by atoms with Gasteiger partial charge in [0.1, 0.15) is 0 Å². The summed E-state index contributed by atoms with van der Waals surface area (Å²) >= 11 is 12.1. The van der Waals surface area contributed by atoms with Crippen LogP contribution in [-0.4, -0.2) is 29.4 Å². The van der Waals surface area contributed by atoms with Gasteiger partial charge in [-0.2, -0.15) is 0 Å². The number of carbonyl (C=O) groups excluding carboxylic acids is 2. The highest BCUT2D eigenvalue weighted by molar-refractivity contribution is 6.38. The summed E-state index contributed by atoms with van der Waals surface area (Å²) < 4.78 is 0. The summed E-state index contributed by atoms with van der Waals surface area (Å²) in [5.41, 5.74) is 2.70. The third-order valence-corrected chi connectivity index (χ3v) is 5.41. The van der Waals surface area contributed by atoms with Crippen molar-refractivity contribution in [3.05, 3.63) is 64.3 Å². The lowest BCUT2D eigenvalue weighted by atomic mass is 10.1. The number of anilines is 1. The van der Waals surface area contributed by atoms with E-state index in [4.69, 9.17) is 23.2 Å². The number of hydrogen-bond acceptors (Lipinski definition) is 2. The molecular weight excluding hydrogens is 385 g/mol. The number of nitrogens with zero attached hydrogens (tertiary/aromatic N) is 1. The first kappa shape index (κ1) is 18.0. The zero-order valence-electron chi connectivity index (χ0n) is 14.4. The second-order valence-corrected chi connectivity index (χ2v) is 7.45. The molecule has 1 fully saturated rings. The second-order valence-electron chi connectivity index (χ2n) is 6.61. The highest BCUT2D eigenvalue weighted by Gasteiger charge is 2.42. The fourth-order valence-electron chi connectivity index (χ4n) is 3.53. The normalized spacial score (nSPS) is 17.3. The zero-order chi connectivity index (χ0) is 19.0. The standard InChI is InChI=1S/C20H17Cl2N3O2/c21-13-5-6-18(15(22)9-13)25-19(26)10-17(20(25)27)23-8-7-12-11-24-16-4-2-1-3-14(12)16/h1-6,9,11,17,23-24H,7-8,10H2/p+1/t17-/m0/s1. The van der Waals surface area contributed by atoms with Crippen LogP contribution < -0.4 is 10.2 Å². The molecule has 0 saturated carbocycles. The Morgan fingerprint density at radius 2 is 1.96 bits per heavy atom. The Balaban J connectivity index is 1.43. The van der Waals surface area contributed by atoms with Gasteiger partial charge in [-0.05, 0) is 29.8 Å². The van der Waals surface area contributed by atoms with Crippen LogP contribution in [-0.2, 0) is 16.0 Å². The summed E-state index contributed by atoms with van der Waals surface area (Å²) in [6.07, 6.45) is 2.98. The fourth-order valence-corrected chi connectivity index (χ4v) is 4.03. The average Bonchev–Trinajstić information content (AvgIpc) is 3.17. The molecule has 0 unspecified atom stereocenters. The van der Waals surface area contributed by atoms with E-state index in [2.05, 4.69) is 11.1 Å². The lowest BCUT2D eigenvalue weighted by Gasteiger charge is -2.15. The molecule has 1 aliphatic heterocycles. The van der Waals surface area contributed by atoms with Crippen molar-refractivity contribution in [2.45, 2.75) is 18.9 Å². The van der Waals surface area contributed by atoms with Crippen LogP contribution in [0.3, 0.4) is 0 Å². The predicted octanol–water partition coefficient (Wildman–Crippen LogP) is 2.91. The minimum atomic E-state index is -0.422. The van der Waals surface area contributed by atoms with E-state index in [1.54, 1.807) is 12.1 Å². The Morgan fingerprint density at radius 3 is 2.78 bits per heavy atom. The molecule has 1 aromatic heterocycles. The number of nitrogens with two attached hydrogens (primary N) is 1. The molecule has 138 valence electrons. The number of amides is 2. The number of benzene rings is 2. The summed E-state index contributed by atoms with van der Waals surface area (Å²) in [4.78, 5) is 29.5. The molecule has 3 aromatic rings. The summed E-state index contributed by atoms with van der Waals surface area (Å²) in [5, 5.41) is 3.88. The number of halogens is 2. The topological polar surface area (TPSA) is 69.8 Å².